The number of nitrogen functional groups attached to an aromatic ring is 1. The molecule has 6 nitrogen and oxygen atoms in total. The highest BCUT2D eigenvalue weighted by Gasteiger charge is 2.12. The number of nitrogens with zero attached hydrogens (tertiary/aromatic N) is 1. The highest BCUT2D eigenvalue weighted by Crippen LogP contribution is 2.21. The molecule has 0 saturated carbocycles. The Morgan fingerprint density at radius 3 is 2.76 bits per heavy atom. The number of carbonyl (C=O) groups is 1. The number of nitrogens with one attached hydrogen (secondary N) is 1. The van der Waals surface area contributed by atoms with Crippen LogP contribution in [-0.2, 0) is 17.6 Å². The van der Waals surface area contributed by atoms with Crippen molar-refractivity contribution in [3.63, 3.8) is 0 Å². The van der Waals surface area contributed by atoms with Gasteiger partial charge in [0.1, 0.15) is 5.75 Å². The van der Waals surface area contributed by atoms with E-state index in [-0.39, 0.29) is 5.91 Å². The van der Waals surface area contributed by atoms with Gasteiger partial charge in [0, 0.05) is 43.0 Å². The van der Waals surface area contributed by atoms with Crippen LogP contribution in [0.1, 0.15) is 27.9 Å². The third-order valence-electron chi connectivity index (χ3n) is 4.30. The Hall–Kier alpha value is -2.90. The molecule has 1 heterocycles. The van der Waals surface area contributed by atoms with Gasteiger partial charge < -0.3 is 15.2 Å². The minimum atomic E-state index is -0.201. The number of hydrogen-bond donors (Lipinski definition) is 2. The van der Waals surface area contributed by atoms with Crippen molar-refractivity contribution in [1.29, 1.82) is 0 Å². The van der Waals surface area contributed by atoms with Crippen LogP contribution in [0.2, 0.25) is 0 Å². The van der Waals surface area contributed by atoms with Crippen molar-refractivity contribution in [1.82, 2.24) is 4.98 Å². The number of methoxy groups -OCH3 is 1. The summed E-state index contributed by atoms with van der Waals surface area (Å²) in [5, 5.41) is 5.22. The summed E-state index contributed by atoms with van der Waals surface area (Å²) >= 11 is 1.38. The summed E-state index contributed by atoms with van der Waals surface area (Å²) in [4.78, 5) is 16.8. The van der Waals surface area contributed by atoms with Gasteiger partial charge in [0.25, 0.3) is 5.91 Å². The topological polar surface area (TPSA) is 86.5 Å². The van der Waals surface area contributed by atoms with Crippen LogP contribution in [0.3, 0.4) is 0 Å². The van der Waals surface area contributed by atoms with Gasteiger partial charge in [0.15, 0.2) is 5.13 Å². The zero-order valence-corrected chi connectivity index (χ0v) is 17.2. The minimum Gasteiger partial charge on any atom is -0.493 e. The van der Waals surface area contributed by atoms with Crippen LogP contribution < -0.4 is 15.8 Å². The van der Waals surface area contributed by atoms with Crippen molar-refractivity contribution in [3.8, 4) is 5.75 Å². The molecule has 152 valence electrons. The molecule has 1 aromatic heterocycles. The average molecular weight is 412 g/mol. The van der Waals surface area contributed by atoms with E-state index in [1.807, 2.05) is 35.7 Å². The Balaban J connectivity index is 1.74. The molecule has 29 heavy (non-hydrogen) atoms. The molecule has 0 bridgehead atoms. The molecule has 0 aliphatic rings. The second-order valence-electron chi connectivity index (χ2n) is 6.60. The molecule has 3 aromatic rings. The quantitative estimate of drug-likeness (QED) is 0.386. The van der Waals surface area contributed by atoms with Gasteiger partial charge in [-0.15, -0.1) is 11.3 Å². The minimum absolute atomic E-state index is 0.201. The second kappa shape index (κ2) is 10.6. The molecule has 0 aliphatic heterocycles. The van der Waals surface area contributed by atoms with Crippen molar-refractivity contribution >= 4 is 28.1 Å². The largest absolute Gasteiger partial charge is 0.493 e. The van der Waals surface area contributed by atoms with E-state index in [1.54, 1.807) is 19.4 Å². The molecule has 0 fully saturated rings. The third kappa shape index (κ3) is 6.58. The number of amides is 1. The first-order valence-electron chi connectivity index (χ1n) is 9.45. The summed E-state index contributed by atoms with van der Waals surface area (Å²) in [7, 11) is 1.66. The Labute approximate surface area is 174 Å². The lowest BCUT2D eigenvalue weighted by molar-refractivity contribution is 0.102. The number of ether oxygens (including phenoxy) is 2. The molecule has 0 radical (unpaired) electrons. The van der Waals surface area contributed by atoms with Crippen molar-refractivity contribution in [2.24, 2.45) is 0 Å². The molecule has 0 aliphatic carbocycles. The second-order valence-corrected chi connectivity index (χ2v) is 7.49. The predicted octanol–water partition coefficient (Wildman–Crippen LogP) is 4.18. The Morgan fingerprint density at radius 1 is 1.14 bits per heavy atom. The van der Waals surface area contributed by atoms with E-state index in [0.29, 0.717) is 29.7 Å². The van der Waals surface area contributed by atoms with Crippen LogP contribution in [-0.4, -0.2) is 31.2 Å². The summed E-state index contributed by atoms with van der Waals surface area (Å²) in [6, 6.07) is 13.5. The van der Waals surface area contributed by atoms with E-state index in [2.05, 4.69) is 16.4 Å². The highest BCUT2D eigenvalue weighted by molar-refractivity contribution is 7.13. The van der Waals surface area contributed by atoms with Gasteiger partial charge in [-0.05, 0) is 54.3 Å². The van der Waals surface area contributed by atoms with Crippen LogP contribution >= 0.6 is 11.3 Å². The molecular formula is C22H25N3O3S. The first kappa shape index (κ1) is 20.8. The van der Waals surface area contributed by atoms with E-state index < -0.39 is 0 Å². The maximum atomic E-state index is 12.7. The highest BCUT2D eigenvalue weighted by atomic mass is 32.1. The number of rotatable bonds is 10. The number of hydrogen-bond acceptors (Lipinski definition) is 6. The van der Waals surface area contributed by atoms with Crippen molar-refractivity contribution in [2.45, 2.75) is 19.3 Å². The SMILES string of the molecule is COCCCOc1cc(CCc2cccc(N)c2)cc(C(=O)Nc2nccs2)c1. The molecule has 2 aromatic carbocycles. The first-order chi connectivity index (χ1) is 14.1. The number of benzene rings is 2. The zero-order chi connectivity index (χ0) is 20.5. The summed E-state index contributed by atoms with van der Waals surface area (Å²) in [5.41, 5.74) is 9.36. The van der Waals surface area contributed by atoms with Crippen LogP contribution in [0.4, 0.5) is 10.8 Å². The maximum absolute atomic E-state index is 12.7. The van der Waals surface area contributed by atoms with Gasteiger partial charge in [0.05, 0.1) is 6.61 Å². The standard InChI is InChI=1S/C22H25N3O3S/c1-27-9-3-10-28-20-14-17(7-6-16-4-2-5-19(23)13-16)12-18(15-20)21(26)25-22-24-8-11-29-22/h2,4-5,8,11-15H,3,6-7,9-10,23H2,1H3,(H,24,25,26). The Bertz CT molecular complexity index is 929. The van der Waals surface area contributed by atoms with Crippen molar-refractivity contribution in [2.75, 3.05) is 31.4 Å². The summed E-state index contributed by atoms with van der Waals surface area (Å²) < 4.78 is 10.9. The lowest BCUT2D eigenvalue weighted by Gasteiger charge is -2.12. The summed E-state index contributed by atoms with van der Waals surface area (Å²) in [6.45, 7) is 1.16. The van der Waals surface area contributed by atoms with E-state index in [0.717, 1.165) is 36.1 Å². The van der Waals surface area contributed by atoms with Crippen LogP contribution in [0.15, 0.2) is 54.0 Å². The normalized spacial score (nSPS) is 10.7. The monoisotopic (exact) mass is 411 g/mol. The molecule has 1 amide bonds. The fourth-order valence-corrected chi connectivity index (χ4v) is 3.43. The molecule has 7 heteroatoms. The number of thiazole rings is 1. The number of aryl methyl sites for hydroxylation is 2. The molecular weight excluding hydrogens is 386 g/mol. The zero-order valence-electron chi connectivity index (χ0n) is 16.4. The van der Waals surface area contributed by atoms with Gasteiger partial charge in [-0.1, -0.05) is 12.1 Å². The van der Waals surface area contributed by atoms with Crippen LogP contribution in [0.25, 0.3) is 0 Å². The van der Waals surface area contributed by atoms with Crippen LogP contribution in [0.5, 0.6) is 5.75 Å². The van der Waals surface area contributed by atoms with E-state index >= 15 is 0 Å². The van der Waals surface area contributed by atoms with Gasteiger partial charge in [-0.2, -0.15) is 0 Å². The number of carbonyl (C=O) groups excluding carboxylic acids is 1. The fraction of sp³-hybridized carbons (Fsp3) is 0.273. The van der Waals surface area contributed by atoms with Gasteiger partial charge in [0.2, 0.25) is 0 Å². The van der Waals surface area contributed by atoms with E-state index in [1.165, 1.54) is 11.3 Å². The Kier molecular flexibility index (Phi) is 7.61. The van der Waals surface area contributed by atoms with E-state index in [4.69, 9.17) is 15.2 Å². The first-order valence-corrected chi connectivity index (χ1v) is 10.3. The lowest BCUT2D eigenvalue weighted by atomic mass is 10.0. The molecule has 3 N–H and O–H groups in total. The molecule has 0 saturated heterocycles. The fourth-order valence-electron chi connectivity index (χ4n) is 2.90. The number of anilines is 2. The molecule has 0 atom stereocenters. The van der Waals surface area contributed by atoms with Crippen molar-refractivity contribution in [3.05, 3.63) is 70.7 Å². The summed E-state index contributed by atoms with van der Waals surface area (Å²) in [5.74, 6) is 0.475. The van der Waals surface area contributed by atoms with E-state index in [9.17, 15) is 4.79 Å². The maximum Gasteiger partial charge on any atom is 0.257 e. The smallest absolute Gasteiger partial charge is 0.257 e. The lowest BCUT2D eigenvalue weighted by Crippen LogP contribution is -2.13. The number of nitrogens with two attached hydrogens (primary N) is 1. The van der Waals surface area contributed by atoms with Gasteiger partial charge >= 0.3 is 0 Å². The summed E-state index contributed by atoms with van der Waals surface area (Å²) in [6.07, 6.45) is 4.04. The van der Waals surface area contributed by atoms with Crippen molar-refractivity contribution < 1.29 is 14.3 Å². The van der Waals surface area contributed by atoms with Crippen LogP contribution in [0, 0.1) is 0 Å². The Morgan fingerprint density at radius 2 is 2.00 bits per heavy atom. The predicted molar refractivity (Wildman–Crippen MR) is 117 cm³/mol. The molecule has 3 rings (SSSR count). The number of aromatic nitrogens is 1. The average Bonchev–Trinajstić information content (AvgIpc) is 3.23. The molecule has 0 unspecified atom stereocenters. The van der Waals surface area contributed by atoms with Gasteiger partial charge in [-0.3, -0.25) is 10.1 Å². The third-order valence-corrected chi connectivity index (χ3v) is 4.98. The van der Waals surface area contributed by atoms with Gasteiger partial charge in [-0.25, -0.2) is 4.98 Å². The molecule has 0 spiro atoms.